The molecule has 0 aromatic heterocycles. The minimum atomic E-state index is -3.66. The van der Waals surface area contributed by atoms with Crippen LogP contribution in [0.4, 0.5) is 0 Å². The standard InChI is InChI=1S/C20H22O6S.C20H22O4S/c1-23-19-5-3-17(9-13(19)7-15-11-25-15)27(21,22)18-4-6-20(24-2)14(10-18)8-16-12-26-16;1-5-7-15-13-17(9-11-19(15)23-3)25(21,22)18-10-12-20(24-4)16(14-18)8-6-2/h3-6,9-10,15-16H,7-8,11-12H2,1-2H3;5-6,9-14H,1-2,7-8H2,3-4H3. The van der Waals surface area contributed by atoms with Crippen LogP contribution in [0.5, 0.6) is 23.0 Å². The summed E-state index contributed by atoms with van der Waals surface area (Å²) < 4.78 is 84.3. The van der Waals surface area contributed by atoms with Crippen LogP contribution in [0, 0.1) is 0 Å². The molecule has 2 unspecified atom stereocenters. The minimum absolute atomic E-state index is 0.142. The van der Waals surface area contributed by atoms with Gasteiger partial charge in [-0.3, -0.25) is 0 Å². The van der Waals surface area contributed by atoms with E-state index in [0.717, 1.165) is 22.3 Å². The van der Waals surface area contributed by atoms with Gasteiger partial charge in [-0.15, -0.1) is 13.2 Å². The van der Waals surface area contributed by atoms with Crippen LogP contribution in [0.25, 0.3) is 0 Å². The zero-order valence-corrected chi connectivity index (χ0v) is 31.4. The number of benzene rings is 4. The Hall–Kier alpha value is -4.62. The zero-order valence-electron chi connectivity index (χ0n) is 29.8. The second kappa shape index (κ2) is 16.8. The first-order valence-electron chi connectivity index (χ1n) is 16.6. The van der Waals surface area contributed by atoms with E-state index < -0.39 is 19.7 Å². The van der Waals surface area contributed by atoms with Crippen LogP contribution in [0.15, 0.2) is 118 Å². The van der Waals surface area contributed by atoms with Gasteiger partial charge < -0.3 is 28.4 Å². The Balaban J connectivity index is 0.000000202. The molecule has 10 nitrogen and oxygen atoms in total. The van der Waals surface area contributed by atoms with E-state index in [0.29, 0.717) is 61.9 Å². The van der Waals surface area contributed by atoms with Crippen LogP contribution in [-0.2, 0) is 54.8 Å². The third kappa shape index (κ3) is 9.05. The smallest absolute Gasteiger partial charge is 0.206 e. The van der Waals surface area contributed by atoms with Crippen molar-refractivity contribution in [2.75, 3.05) is 41.7 Å². The number of epoxide rings is 2. The molecule has 12 heteroatoms. The molecule has 0 saturated carbocycles. The molecule has 4 aromatic carbocycles. The fraction of sp³-hybridized carbons (Fsp3) is 0.300. The lowest BCUT2D eigenvalue weighted by molar-refractivity contribution is 0.390. The van der Waals surface area contributed by atoms with Crippen LogP contribution in [0.1, 0.15) is 22.3 Å². The quantitative estimate of drug-likeness (QED) is 0.0936. The first kappa shape index (κ1) is 38.6. The normalized spacial score (nSPS) is 16.2. The predicted molar refractivity (Wildman–Crippen MR) is 198 cm³/mol. The van der Waals surface area contributed by atoms with E-state index in [1.54, 1.807) is 113 Å². The average Bonchev–Trinajstić information content (AvgIpc) is 4.10. The van der Waals surface area contributed by atoms with E-state index in [1.165, 1.54) is 0 Å². The Morgan fingerprint density at radius 1 is 0.538 bits per heavy atom. The lowest BCUT2D eigenvalue weighted by Crippen LogP contribution is -2.07. The highest BCUT2D eigenvalue weighted by molar-refractivity contribution is 7.91. The maximum Gasteiger partial charge on any atom is 0.206 e. The van der Waals surface area contributed by atoms with Gasteiger partial charge in [0.1, 0.15) is 23.0 Å². The summed E-state index contributed by atoms with van der Waals surface area (Å²) in [4.78, 5) is 0.940. The van der Waals surface area contributed by atoms with Gasteiger partial charge in [0, 0.05) is 12.8 Å². The summed E-state index contributed by atoms with van der Waals surface area (Å²) in [5.74, 6) is 2.62. The molecule has 2 saturated heterocycles. The molecular formula is C40H44O10S2. The van der Waals surface area contributed by atoms with Crippen LogP contribution >= 0.6 is 0 Å². The first-order valence-corrected chi connectivity index (χ1v) is 19.6. The largest absolute Gasteiger partial charge is 0.496 e. The van der Waals surface area contributed by atoms with Crippen LogP contribution in [0.3, 0.4) is 0 Å². The SMILES string of the molecule is C=CCc1cc(S(=O)(=O)c2ccc(OC)c(CC=C)c2)ccc1OC.COc1ccc(S(=O)(=O)c2ccc(OC)c(CC3CO3)c2)cc1CC1CO1. The summed E-state index contributed by atoms with van der Waals surface area (Å²) in [6.45, 7) is 8.81. The molecule has 0 radical (unpaired) electrons. The predicted octanol–water partition coefficient (Wildman–Crippen LogP) is 6.41. The second-order valence-corrected chi connectivity index (χ2v) is 16.1. The van der Waals surface area contributed by atoms with E-state index in [2.05, 4.69) is 13.2 Å². The second-order valence-electron chi connectivity index (χ2n) is 12.2. The van der Waals surface area contributed by atoms with Gasteiger partial charge in [0.05, 0.1) is 73.4 Å². The summed E-state index contributed by atoms with van der Waals surface area (Å²) >= 11 is 0. The van der Waals surface area contributed by atoms with Crippen LogP contribution < -0.4 is 18.9 Å². The molecule has 52 heavy (non-hydrogen) atoms. The molecule has 4 aromatic rings. The highest BCUT2D eigenvalue weighted by atomic mass is 32.2. The summed E-state index contributed by atoms with van der Waals surface area (Å²) in [6, 6.07) is 19.6. The lowest BCUT2D eigenvalue weighted by Gasteiger charge is -2.13. The fourth-order valence-electron chi connectivity index (χ4n) is 5.77. The molecule has 2 fully saturated rings. The van der Waals surface area contributed by atoms with Crippen molar-refractivity contribution in [3.8, 4) is 23.0 Å². The van der Waals surface area contributed by atoms with Crippen molar-refractivity contribution in [3.05, 3.63) is 120 Å². The Morgan fingerprint density at radius 2 is 0.808 bits per heavy atom. The Labute approximate surface area is 306 Å². The molecule has 2 aliphatic heterocycles. The molecule has 6 rings (SSSR count). The van der Waals surface area contributed by atoms with Crippen molar-refractivity contribution in [1.82, 2.24) is 0 Å². The highest BCUT2D eigenvalue weighted by Gasteiger charge is 2.28. The maximum atomic E-state index is 13.2. The molecule has 2 atom stereocenters. The maximum absolute atomic E-state index is 13.2. The van der Waals surface area contributed by atoms with E-state index in [4.69, 9.17) is 28.4 Å². The van der Waals surface area contributed by atoms with E-state index >= 15 is 0 Å². The topological polar surface area (TPSA) is 130 Å². The summed E-state index contributed by atoms with van der Waals surface area (Å²) in [5, 5.41) is 0. The molecule has 2 aliphatic rings. The highest BCUT2D eigenvalue weighted by Crippen LogP contribution is 2.33. The van der Waals surface area contributed by atoms with Crippen molar-refractivity contribution in [1.29, 1.82) is 0 Å². The van der Waals surface area contributed by atoms with Gasteiger partial charge in [-0.2, -0.15) is 0 Å². The Bertz CT molecular complexity index is 1990. The number of allylic oxidation sites excluding steroid dienone is 2. The molecular weight excluding hydrogens is 705 g/mol. The van der Waals surface area contributed by atoms with Gasteiger partial charge in [0.25, 0.3) is 0 Å². The average molecular weight is 749 g/mol. The summed E-state index contributed by atoms with van der Waals surface area (Å²) in [7, 11) is -1.03. The van der Waals surface area contributed by atoms with Gasteiger partial charge in [-0.05, 0) is 108 Å². The summed E-state index contributed by atoms with van der Waals surface area (Å²) in [5.41, 5.74) is 3.22. The van der Waals surface area contributed by atoms with E-state index in [9.17, 15) is 16.8 Å². The van der Waals surface area contributed by atoms with Gasteiger partial charge in [0.15, 0.2) is 0 Å². The van der Waals surface area contributed by atoms with Crippen molar-refractivity contribution < 1.29 is 45.3 Å². The van der Waals surface area contributed by atoms with Crippen LogP contribution in [-0.4, -0.2) is 70.7 Å². The van der Waals surface area contributed by atoms with Crippen molar-refractivity contribution in [2.24, 2.45) is 0 Å². The number of hydrogen-bond donors (Lipinski definition) is 0. The Morgan fingerprint density at radius 3 is 1.06 bits per heavy atom. The molecule has 0 N–H and O–H groups in total. The number of sulfone groups is 2. The fourth-order valence-corrected chi connectivity index (χ4v) is 8.49. The van der Waals surface area contributed by atoms with Crippen LogP contribution in [0.2, 0.25) is 0 Å². The summed E-state index contributed by atoms with van der Waals surface area (Å²) in [6.07, 6.45) is 6.03. The van der Waals surface area contributed by atoms with Crippen molar-refractivity contribution >= 4 is 19.7 Å². The molecule has 0 aliphatic carbocycles. The monoisotopic (exact) mass is 748 g/mol. The van der Waals surface area contributed by atoms with Crippen molar-refractivity contribution in [2.45, 2.75) is 57.5 Å². The van der Waals surface area contributed by atoms with Gasteiger partial charge in [-0.25, -0.2) is 16.8 Å². The van der Waals surface area contributed by atoms with Gasteiger partial charge >= 0.3 is 0 Å². The molecule has 2 heterocycles. The minimum Gasteiger partial charge on any atom is -0.496 e. The molecule has 0 amide bonds. The molecule has 276 valence electrons. The lowest BCUT2D eigenvalue weighted by atomic mass is 10.1. The Kier molecular flexibility index (Phi) is 12.5. The molecule has 0 bridgehead atoms. The first-order chi connectivity index (χ1) is 25.0. The van der Waals surface area contributed by atoms with E-state index in [-0.39, 0.29) is 31.8 Å². The van der Waals surface area contributed by atoms with Crippen molar-refractivity contribution in [3.63, 3.8) is 0 Å². The number of ether oxygens (including phenoxy) is 6. The number of hydrogen-bond acceptors (Lipinski definition) is 10. The third-order valence-corrected chi connectivity index (χ3v) is 12.2. The van der Waals surface area contributed by atoms with Gasteiger partial charge in [-0.1, -0.05) is 12.2 Å². The third-order valence-electron chi connectivity index (χ3n) is 8.68. The number of rotatable bonds is 16. The number of methoxy groups -OCH3 is 4. The zero-order chi connectivity index (χ0) is 37.5. The van der Waals surface area contributed by atoms with Gasteiger partial charge in [0.2, 0.25) is 19.7 Å². The molecule has 0 spiro atoms. The van der Waals surface area contributed by atoms with E-state index in [1.807, 2.05) is 0 Å².